The van der Waals surface area contributed by atoms with Crippen molar-refractivity contribution in [2.75, 3.05) is 19.6 Å². The quantitative estimate of drug-likeness (QED) is 0.843. The van der Waals surface area contributed by atoms with E-state index in [1.165, 1.54) is 5.69 Å². The molecule has 1 fully saturated rings. The highest BCUT2D eigenvalue weighted by atomic mass is 19.3. The second kappa shape index (κ2) is 6.17. The number of alkyl halides is 2. The molecule has 2 aliphatic rings. The molecule has 0 N–H and O–H groups in total. The van der Waals surface area contributed by atoms with Gasteiger partial charge in [0.25, 0.3) is 5.92 Å². The number of aromatic nitrogens is 3. The van der Waals surface area contributed by atoms with Gasteiger partial charge in [0.2, 0.25) is 0 Å². The van der Waals surface area contributed by atoms with Crippen molar-refractivity contribution in [3.63, 3.8) is 0 Å². The molecule has 0 aliphatic carbocycles. The third-order valence-electron chi connectivity index (χ3n) is 5.20. The van der Waals surface area contributed by atoms with E-state index in [0.717, 1.165) is 23.6 Å². The summed E-state index contributed by atoms with van der Waals surface area (Å²) in [6.45, 7) is 4.17. The number of halogens is 2. The standard InChI is InChI=1S/C17H23F2N5O/c1-12-5-13(21-25-12)7-24-9-15-16(22(2)11-20-15)6-14(24)8-23-4-3-17(18,19)10-23/h5,11,14H,3-4,6-10H2,1-2H3/t14-/m1/s1. The number of imidazole rings is 1. The molecule has 2 aromatic rings. The first-order valence-corrected chi connectivity index (χ1v) is 8.65. The molecule has 2 aromatic heterocycles. The van der Waals surface area contributed by atoms with Gasteiger partial charge in [-0.2, -0.15) is 0 Å². The largest absolute Gasteiger partial charge is 0.361 e. The van der Waals surface area contributed by atoms with Gasteiger partial charge in [-0.3, -0.25) is 9.80 Å². The fourth-order valence-electron chi connectivity index (χ4n) is 3.90. The monoisotopic (exact) mass is 351 g/mol. The molecule has 0 aromatic carbocycles. The summed E-state index contributed by atoms with van der Waals surface area (Å²) in [4.78, 5) is 8.65. The van der Waals surface area contributed by atoms with Gasteiger partial charge in [-0.05, 0) is 6.92 Å². The highest BCUT2D eigenvalue weighted by molar-refractivity contribution is 5.19. The zero-order valence-electron chi connectivity index (χ0n) is 14.6. The smallest absolute Gasteiger partial charge is 0.261 e. The molecule has 6 nitrogen and oxygen atoms in total. The Labute approximate surface area is 145 Å². The number of nitrogens with zero attached hydrogens (tertiary/aromatic N) is 5. The van der Waals surface area contributed by atoms with Gasteiger partial charge >= 0.3 is 0 Å². The van der Waals surface area contributed by atoms with Crippen molar-refractivity contribution >= 4 is 0 Å². The second-order valence-electron chi connectivity index (χ2n) is 7.28. The van der Waals surface area contributed by atoms with E-state index < -0.39 is 5.92 Å². The molecular formula is C17H23F2N5O. The van der Waals surface area contributed by atoms with E-state index >= 15 is 0 Å². The van der Waals surface area contributed by atoms with Gasteiger partial charge in [0.05, 0.1) is 24.3 Å². The summed E-state index contributed by atoms with van der Waals surface area (Å²) in [6, 6.07) is 2.09. The van der Waals surface area contributed by atoms with Crippen molar-refractivity contribution in [3.8, 4) is 0 Å². The van der Waals surface area contributed by atoms with Gasteiger partial charge in [-0.15, -0.1) is 0 Å². The molecule has 0 unspecified atom stereocenters. The van der Waals surface area contributed by atoms with E-state index in [1.54, 1.807) is 0 Å². The lowest BCUT2D eigenvalue weighted by molar-refractivity contribution is 0.00819. The Morgan fingerprint density at radius 1 is 1.40 bits per heavy atom. The van der Waals surface area contributed by atoms with Crippen molar-refractivity contribution in [1.29, 1.82) is 0 Å². The maximum atomic E-state index is 13.6. The van der Waals surface area contributed by atoms with Crippen LogP contribution in [-0.2, 0) is 26.6 Å². The Morgan fingerprint density at radius 3 is 2.92 bits per heavy atom. The summed E-state index contributed by atoms with van der Waals surface area (Å²) in [5, 5.41) is 4.08. The van der Waals surface area contributed by atoms with Crippen molar-refractivity contribution in [2.24, 2.45) is 7.05 Å². The zero-order valence-corrected chi connectivity index (χ0v) is 14.6. The van der Waals surface area contributed by atoms with Crippen LogP contribution in [0, 0.1) is 6.92 Å². The minimum Gasteiger partial charge on any atom is -0.361 e. The highest BCUT2D eigenvalue weighted by Gasteiger charge is 2.40. The minimum atomic E-state index is -2.56. The van der Waals surface area contributed by atoms with Crippen molar-refractivity contribution in [3.05, 3.63) is 35.2 Å². The van der Waals surface area contributed by atoms with Gasteiger partial charge < -0.3 is 9.09 Å². The van der Waals surface area contributed by atoms with Crippen LogP contribution in [0.15, 0.2) is 16.9 Å². The summed E-state index contributed by atoms with van der Waals surface area (Å²) in [7, 11) is 1.99. The van der Waals surface area contributed by atoms with E-state index in [9.17, 15) is 8.78 Å². The van der Waals surface area contributed by atoms with Crippen LogP contribution in [0.5, 0.6) is 0 Å². The maximum Gasteiger partial charge on any atom is 0.261 e. The highest BCUT2D eigenvalue weighted by Crippen LogP contribution is 2.29. The summed E-state index contributed by atoms with van der Waals surface area (Å²) in [5.74, 6) is -1.78. The fourth-order valence-corrected chi connectivity index (χ4v) is 3.90. The molecule has 1 atom stereocenters. The maximum absolute atomic E-state index is 13.6. The predicted octanol–water partition coefficient (Wildman–Crippen LogP) is 1.98. The number of hydrogen-bond acceptors (Lipinski definition) is 5. The molecule has 0 amide bonds. The van der Waals surface area contributed by atoms with Gasteiger partial charge in [0.15, 0.2) is 0 Å². The Bertz CT molecular complexity index is 756. The number of fused-ring (bicyclic) bond motifs is 1. The second-order valence-corrected chi connectivity index (χ2v) is 7.28. The van der Waals surface area contributed by atoms with E-state index in [4.69, 9.17) is 4.52 Å². The van der Waals surface area contributed by atoms with E-state index in [1.807, 2.05) is 35.8 Å². The predicted molar refractivity (Wildman–Crippen MR) is 87.2 cm³/mol. The van der Waals surface area contributed by atoms with Crippen LogP contribution < -0.4 is 0 Å². The van der Waals surface area contributed by atoms with Crippen LogP contribution in [0.2, 0.25) is 0 Å². The van der Waals surface area contributed by atoms with Gasteiger partial charge in [0, 0.05) is 63.9 Å². The molecule has 4 heterocycles. The lowest BCUT2D eigenvalue weighted by Crippen LogP contribution is -2.47. The average molecular weight is 351 g/mol. The third kappa shape index (κ3) is 3.46. The van der Waals surface area contributed by atoms with E-state index in [0.29, 0.717) is 26.2 Å². The SMILES string of the molecule is Cc1cc(CN2Cc3ncn(C)c3C[C@@H]2CN2CCC(F)(F)C2)no1. The lowest BCUT2D eigenvalue weighted by atomic mass is 10.0. The molecule has 8 heteroatoms. The molecule has 0 bridgehead atoms. The molecule has 2 aliphatic heterocycles. The first-order chi connectivity index (χ1) is 11.9. The minimum absolute atomic E-state index is 0.0425. The van der Waals surface area contributed by atoms with Crippen LogP contribution in [0.4, 0.5) is 8.78 Å². The Kier molecular flexibility index (Phi) is 4.11. The number of aryl methyl sites for hydroxylation is 2. The molecule has 25 heavy (non-hydrogen) atoms. The summed E-state index contributed by atoms with van der Waals surface area (Å²) >= 11 is 0. The molecule has 1 saturated heterocycles. The van der Waals surface area contributed by atoms with Crippen molar-refractivity contribution < 1.29 is 13.3 Å². The summed E-state index contributed by atoms with van der Waals surface area (Å²) in [6.07, 6.45) is 2.60. The molecule has 0 radical (unpaired) electrons. The molecular weight excluding hydrogens is 328 g/mol. The van der Waals surface area contributed by atoms with Crippen LogP contribution >= 0.6 is 0 Å². The number of likely N-dealkylation sites (tertiary alicyclic amines) is 1. The van der Waals surface area contributed by atoms with Crippen LogP contribution in [0.3, 0.4) is 0 Å². The summed E-state index contributed by atoms with van der Waals surface area (Å²) in [5.41, 5.74) is 3.13. The molecule has 0 saturated carbocycles. The zero-order chi connectivity index (χ0) is 17.6. The van der Waals surface area contributed by atoms with Crippen molar-refractivity contribution in [1.82, 2.24) is 24.5 Å². The molecule has 136 valence electrons. The van der Waals surface area contributed by atoms with Crippen molar-refractivity contribution in [2.45, 2.75) is 44.8 Å². The third-order valence-corrected chi connectivity index (χ3v) is 5.20. The summed E-state index contributed by atoms with van der Waals surface area (Å²) < 4.78 is 34.3. The number of rotatable bonds is 4. The molecule has 4 rings (SSSR count). The Balaban J connectivity index is 1.53. The van der Waals surface area contributed by atoms with Crippen LogP contribution in [-0.4, -0.2) is 56.1 Å². The van der Waals surface area contributed by atoms with E-state index in [-0.39, 0.29) is 19.0 Å². The first kappa shape index (κ1) is 16.7. The Morgan fingerprint density at radius 2 is 2.24 bits per heavy atom. The number of hydrogen-bond donors (Lipinski definition) is 0. The first-order valence-electron chi connectivity index (χ1n) is 8.65. The molecule has 0 spiro atoms. The van der Waals surface area contributed by atoms with Gasteiger partial charge in [-0.1, -0.05) is 5.16 Å². The topological polar surface area (TPSA) is 50.3 Å². The van der Waals surface area contributed by atoms with Gasteiger partial charge in [0.1, 0.15) is 5.76 Å². The fraction of sp³-hybridized carbons (Fsp3) is 0.647. The average Bonchev–Trinajstić information content (AvgIpc) is 3.21. The van der Waals surface area contributed by atoms with Gasteiger partial charge in [-0.25, -0.2) is 13.8 Å². The normalized spacial score (nSPS) is 23.9. The van der Waals surface area contributed by atoms with Crippen LogP contribution in [0.25, 0.3) is 0 Å². The van der Waals surface area contributed by atoms with E-state index in [2.05, 4.69) is 15.0 Å². The lowest BCUT2D eigenvalue weighted by Gasteiger charge is -2.37. The Hall–Kier alpha value is -1.80. The van der Waals surface area contributed by atoms with Crippen LogP contribution in [0.1, 0.15) is 29.3 Å².